The summed E-state index contributed by atoms with van der Waals surface area (Å²) in [6, 6.07) is 8.64. The molecule has 1 heterocycles. The highest BCUT2D eigenvalue weighted by molar-refractivity contribution is 7.10. The van der Waals surface area contributed by atoms with Crippen molar-refractivity contribution in [2.75, 3.05) is 6.61 Å². The molecule has 1 amide bonds. The van der Waals surface area contributed by atoms with Crippen molar-refractivity contribution in [3.8, 4) is 11.8 Å². The van der Waals surface area contributed by atoms with Gasteiger partial charge >= 0.3 is 0 Å². The number of hydrogen-bond acceptors (Lipinski definition) is 3. The van der Waals surface area contributed by atoms with Crippen LogP contribution in [0.2, 0.25) is 5.02 Å². The summed E-state index contributed by atoms with van der Waals surface area (Å²) in [5.74, 6) is 5.27. The van der Waals surface area contributed by atoms with Crippen molar-refractivity contribution in [1.29, 1.82) is 0 Å². The molecular weight excluding hydrogens is 294 g/mol. The van der Waals surface area contributed by atoms with Gasteiger partial charge in [0.25, 0.3) is 5.91 Å². The summed E-state index contributed by atoms with van der Waals surface area (Å²) < 4.78 is 0. The van der Waals surface area contributed by atoms with Crippen molar-refractivity contribution in [1.82, 2.24) is 5.32 Å². The van der Waals surface area contributed by atoms with Crippen LogP contribution in [0.3, 0.4) is 0 Å². The van der Waals surface area contributed by atoms with Crippen LogP contribution in [0.25, 0.3) is 0 Å². The van der Waals surface area contributed by atoms with Gasteiger partial charge in [-0.15, -0.1) is 11.3 Å². The van der Waals surface area contributed by atoms with Gasteiger partial charge in [-0.1, -0.05) is 23.4 Å². The number of rotatable bonds is 3. The first-order valence-corrected chi connectivity index (χ1v) is 7.15. The summed E-state index contributed by atoms with van der Waals surface area (Å²) in [6.45, 7) is 0.297. The van der Waals surface area contributed by atoms with Crippen molar-refractivity contribution in [3.63, 3.8) is 0 Å². The predicted molar refractivity (Wildman–Crippen MR) is 80.9 cm³/mol. The summed E-state index contributed by atoms with van der Waals surface area (Å²) in [4.78, 5) is 12.9. The molecule has 1 aromatic heterocycles. The summed E-state index contributed by atoms with van der Waals surface area (Å²) in [5, 5.41) is 14.0. The second kappa shape index (κ2) is 7.11. The predicted octanol–water partition coefficient (Wildman–Crippen LogP) is 2.68. The fourth-order valence-corrected chi connectivity index (χ4v) is 2.43. The van der Waals surface area contributed by atoms with Crippen LogP contribution >= 0.6 is 22.9 Å². The lowest BCUT2D eigenvalue weighted by Gasteiger charge is -2.03. The maximum atomic E-state index is 11.9. The van der Waals surface area contributed by atoms with Crippen LogP contribution in [0.5, 0.6) is 0 Å². The first-order valence-electron chi connectivity index (χ1n) is 5.90. The number of amides is 1. The molecule has 20 heavy (non-hydrogen) atoms. The van der Waals surface area contributed by atoms with Crippen LogP contribution < -0.4 is 5.32 Å². The second-order valence-corrected chi connectivity index (χ2v) is 5.38. The number of halogens is 1. The van der Waals surface area contributed by atoms with E-state index in [1.807, 2.05) is 11.4 Å². The lowest BCUT2D eigenvalue weighted by atomic mass is 10.2. The van der Waals surface area contributed by atoms with E-state index in [0.717, 1.165) is 10.4 Å². The number of benzene rings is 1. The SMILES string of the molecule is O=C(NCc1cc(C#CCO)cs1)c1ccc(Cl)cc1. The van der Waals surface area contributed by atoms with Gasteiger partial charge in [0.15, 0.2) is 0 Å². The Labute approximate surface area is 126 Å². The molecule has 0 aliphatic rings. The van der Waals surface area contributed by atoms with E-state index in [2.05, 4.69) is 17.2 Å². The second-order valence-electron chi connectivity index (χ2n) is 3.95. The highest BCUT2D eigenvalue weighted by Gasteiger charge is 2.05. The normalized spacial score (nSPS) is 9.70. The summed E-state index contributed by atoms with van der Waals surface area (Å²) in [5.41, 5.74) is 1.42. The van der Waals surface area contributed by atoms with E-state index >= 15 is 0 Å². The Hall–Kier alpha value is -1.80. The molecule has 2 aromatic rings. The Morgan fingerprint density at radius 3 is 2.80 bits per heavy atom. The van der Waals surface area contributed by atoms with E-state index in [0.29, 0.717) is 17.1 Å². The van der Waals surface area contributed by atoms with Crippen molar-refractivity contribution in [2.45, 2.75) is 6.54 Å². The number of carbonyl (C=O) groups excluding carboxylic acids is 1. The average Bonchev–Trinajstić information content (AvgIpc) is 2.91. The number of carbonyl (C=O) groups is 1. The topological polar surface area (TPSA) is 49.3 Å². The summed E-state index contributed by atoms with van der Waals surface area (Å²) in [7, 11) is 0. The molecule has 5 heteroatoms. The average molecular weight is 306 g/mol. The first kappa shape index (κ1) is 14.6. The number of aliphatic hydroxyl groups excluding tert-OH is 1. The Morgan fingerprint density at radius 2 is 2.10 bits per heavy atom. The van der Waals surface area contributed by atoms with Crippen LogP contribution in [-0.4, -0.2) is 17.6 Å². The third kappa shape index (κ3) is 4.10. The van der Waals surface area contributed by atoms with Crippen molar-refractivity contribution in [3.05, 3.63) is 56.7 Å². The largest absolute Gasteiger partial charge is 0.384 e. The highest BCUT2D eigenvalue weighted by atomic mass is 35.5. The molecule has 2 N–H and O–H groups in total. The van der Waals surface area contributed by atoms with Crippen molar-refractivity contribution >= 4 is 28.8 Å². The molecule has 0 spiro atoms. The smallest absolute Gasteiger partial charge is 0.251 e. The van der Waals surface area contributed by atoms with Crippen molar-refractivity contribution < 1.29 is 9.90 Å². The Bertz CT molecular complexity index is 653. The zero-order chi connectivity index (χ0) is 14.4. The zero-order valence-electron chi connectivity index (χ0n) is 10.5. The minimum Gasteiger partial charge on any atom is -0.384 e. The van der Waals surface area contributed by atoms with Crippen LogP contribution in [0.4, 0.5) is 0 Å². The Balaban J connectivity index is 1.93. The summed E-state index contributed by atoms with van der Waals surface area (Å²) >= 11 is 7.29. The standard InChI is InChI=1S/C15H12ClNO2S/c16-13-5-3-12(4-6-13)15(19)17-9-14-8-11(10-20-14)2-1-7-18/h3-6,8,10,18H,7,9H2,(H,17,19). The van der Waals surface area contributed by atoms with Crippen LogP contribution in [0, 0.1) is 11.8 Å². The molecule has 0 saturated heterocycles. The fraction of sp³-hybridized carbons (Fsp3) is 0.133. The molecule has 0 atom stereocenters. The Kier molecular flexibility index (Phi) is 5.19. The minimum atomic E-state index is -0.154. The van der Waals surface area contributed by atoms with E-state index in [1.54, 1.807) is 24.3 Å². The molecule has 0 saturated carbocycles. The van der Waals surface area contributed by atoms with Gasteiger partial charge in [0.05, 0.1) is 6.54 Å². The van der Waals surface area contributed by atoms with Crippen LogP contribution in [0.1, 0.15) is 20.8 Å². The maximum absolute atomic E-state index is 11.9. The maximum Gasteiger partial charge on any atom is 0.251 e. The molecule has 0 fully saturated rings. The minimum absolute atomic E-state index is 0.141. The number of nitrogens with one attached hydrogen (secondary N) is 1. The van der Waals surface area contributed by atoms with E-state index in [1.165, 1.54) is 11.3 Å². The van der Waals surface area contributed by atoms with Gasteiger partial charge in [-0.25, -0.2) is 0 Å². The molecule has 0 unspecified atom stereocenters. The van der Waals surface area contributed by atoms with Gasteiger partial charge in [-0.05, 0) is 30.3 Å². The molecule has 102 valence electrons. The molecule has 0 bridgehead atoms. The zero-order valence-corrected chi connectivity index (χ0v) is 12.1. The molecule has 0 radical (unpaired) electrons. The van der Waals surface area contributed by atoms with Gasteiger partial charge in [0.2, 0.25) is 0 Å². The number of aliphatic hydroxyl groups is 1. The van der Waals surface area contributed by atoms with Gasteiger partial charge in [-0.3, -0.25) is 4.79 Å². The van der Waals surface area contributed by atoms with Crippen molar-refractivity contribution in [2.24, 2.45) is 0 Å². The molecule has 0 aliphatic carbocycles. The van der Waals surface area contributed by atoms with Gasteiger partial charge < -0.3 is 10.4 Å². The molecule has 2 rings (SSSR count). The first-order chi connectivity index (χ1) is 9.69. The molecule has 0 aliphatic heterocycles. The fourth-order valence-electron chi connectivity index (χ4n) is 1.55. The third-order valence-electron chi connectivity index (χ3n) is 2.50. The highest BCUT2D eigenvalue weighted by Crippen LogP contribution is 2.14. The third-order valence-corrected chi connectivity index (χ3v) is 3.68. The lowest BCUT2D eigenvalue weighted by molar-refractivity contribution is 0.0951. The van der Waals surface area contributed by atoms with E-state index in [-0.39, 0.29) is 12.5 Å². The summed E-state index contributed by atoms with van der Waals surface area (Å²) in [6.07, 6.45) is 0. The molecule has 1 aromatic carbocycles. The van der Waals surface area contributed by atoms with E-state index in [9.17, 15) is 4.79 Å². The van der Waals surface area contributed by atoms with Gasteiger partial charge in [0, 0.05) is 26.4 Å². The monoisotopic (exact) mass is 305 g/mol. The van der Waals surface area contributed by atoms with E-state index < -0.39 is 0 Å². The van der Waals surface area contributed by atoms with Crippen LogP contribution in [0.15, 0.2) is 35.7 Å². The lowest BCUT2D eigenvalue weighted by Crippen LogP contribution is -2.22. The Morgan fingerprint density at radius 1 is 1.35 bits per heavy atom. The molecular formula is C15H12ClNO2S. The number of thiophene rings is 1. The number of hydrogen-bond donors (Lipinski definition) is 2. The quantitative estimate of drug-likeness (QED) is 0.857. The molecule has 3 nitrogen and oxygen atoms in total. The van der Waals surface area contributed by atoms with Gasteiger partial charge in [-0.2, -0.15) is 0 Å². The van der Waals surface area contributed by atoms with Gasteiger partial charge in [0.1, 0.15) is 6.61 Å². The van der Waals surface area contributed by atoms with E-state index in [4.69, 9.17) is 16.7 Å². The van der Waals surface area contributed by atoms with Crippen LogP contribution in [-0.2, 0) is 6.54 Å².